The SMILES string of the molecule is O=S(=O)([O-])c1cccc(C(F)(F)F)c1Br.[Na+]. The molecule has 0 unspecified atom stereocenters. The van der Waals surface area contributed by atoms with Gasteiger partial charge in [0.1, 0.15) is 10.1 Å². The summed E-state index contributed by atoms with van der Waals surface area (Å²) in [6.45, 7) is 0. The predicted molar refractivity (Wildman–Crippen MR) is 47.1 cm³/mol. The van der Waals surface area contributed by atoms with Crippen LogP contribution < -0.4 is 29.6 Å². The molecule has 0 spiro atoms. The molecule has 1 aromatic carbocycles. The van der Waals surface area contributed by atoms with E-state index < -0.39 is 31.2 Å². The second-order valence-electron chi connectivity index (χ2n) is 2.57. The third kappa shape index (κ3) is 3.71. The summed E-state index contributed by atoms with van der Waals surface area (Å²) in [6, 6.07) is 2.35. The van der Waals surface area contributed by atoms with Crippen molar-refractivity contribution in [3.8, 4) is 0 Å². The van der Waals surface area contributed by atoms with Crippen molar-refractivity contribution in [2.75, 3.05) is 0 Å². The molecule has 0 bridgehead atoms. The Bertz CT molecular complexity index is 486. The van der Waals surface area contributed by atoms with Crippen molar-refractivity contribution < 1.29 is 55.7 Å². The summed E-state index contributed by atoms with van der Waals surface area (Å²) in [4.78, 5) is -0.919. The first-order chi connectivity index (χ1) is 6.64. The molecule has 0 heterocycles. The van der Waals surface area contributed by atoms with Gasteiger partial charge in [-0.2, -0.15) is 13.2 Å². The van der Waals surface area contributed by atoms with Crippen molar-refractivity contribution in [3.05, 3.63) is 28.2 Å². The maximum absolute atomic E-state index is 12.3. The van der Waals surface area contributed by atoms with Crippen LogP contribution in [-0.2, 0) is 16.3 Å². The van der Waals surface area contributed by atoms with E-state index in [0.29, 0.717) is 6.07 Å². The second-order valence-corrected chi connectivity index (χ2v) is 4.71. The summed E-state index contributed by atoms with van der Waals surface area (Å²) in [7, 11) is -4.91. The van der Waals surface area contributed by atoms with E-state index in [1.54, 1.807) is 0 Å². The van der Waals surface area contributed by atoms with E-state index in [1.165, 1.54) is 0 Å². The number of hydrogen-bond donors (Lipinski definition) is 0. The van der Waals surface area contributed by atoms with E-state index in [9.17, 15) is 26.1 Å². The van der Waals surface area contributed by atoms with Crippen LogP contribution in [0.15, 0.2) is 27.6 Å². The summed E-state index contributed by atoms with van der Waals surface area (Å²) in [5, 5.41) is 0. The van der Waals surface area contributed by atoms with E-state index in [4.69, 9.17) is 0 Å². The molecule has 1 aromatic rings. The molecule has 0 radical (unpaired) electrons. The summed E-state index contributed by atoms with van der Waals surface area (Å²) in [6.07, 6.45) is -4.71. The van der Waals surface area contributed by atoms with E-state index in [0.717, 1.165) is 12.1 Å². The quantitative estimate of drug-likeness (QED) is 0.510. The molecule has 16 heavy (non-hydrogen) atoms. The van der Waals surface area contributed by atoms with Crippen LogP contribution >= 0.6 is 15.9 Å². The third-order valence-corrected chi connectivity index (χ3v) is 3.53. The molecular weight excluding hydrogens is 324 g/mol. The van der Waals surface area contributed by atoms with Gasteiger partial charge in [-0.25, -0.2) is 8.42 Å². The molecule has 9 heteroatoms. The average Bonchev–Trinajstić information content (AvgIpc) is 1.99. The third-order valence-electron chi connectivity index (χ3n) is 1.54. The number of hydrogen-bond acceptors (Lipinski definition) is 3. The summed E-state index contributed by atoms with van der Waals surface area (Å²) in [5.74, 6) is 0. The van der Waals surface area contributed by atoms with Gasteiger partial charge in [0, 0.05) is 4.47 Å². The maximum Gasteiger partial charge on any atom is 1.00 e. The summed E-state index contributed by atoms with van der Waals surface area (Å²) in [5.41, 5.74) is -1.19. The van der Waals surface area contributed by atoms with E-state index >= 15 is 0 Å². The number of halogens is 4. The minimum atomic E-state index is -4.91. The molecule has 0 fully saturated rings. The Kier molecular flexibility index (Phi) is 5.50. The van der Waals surface area contributed by atoms with Gasteiger partial charge in [0.2, 0.25) is 0 Å². The number of benzene rings is 1. The Labute approximate surface area is 120 Å². The Hall–Kier alpha value is 0.400. The van der Waals surface area contributed by atoms with E-state index in [2.05, 4.69) is 15.9 Å². The molecule has 3 nitrogen and oxygen atoms in total. The number of alkyl halides is 3. The minimum Gasteiger partial charge on any atom is -0.744 e. The van der Waals surface area contributed by atoms with Crippen LogP contribution in [0.25, 0.3) is 0 Å². The molecule has 1 rings (SSSR count). The standard InChI is InChI=1S/C7H4BrF3O3S.Na/c8-6-4(7(9,10)11)2-1-3-5(6)15(12,13)14;/h1-3H,(H,12,13,14);/q;+1/p-1. The predicted octanol–water partition coefficient (Wildman–Crippen LogP) is -0.624. The van der Waals surface area contributed by atoms with Crippen molar-refractivity contribution >= 4 is 26.0 Å². The van der Waals surface area contributed by atoms with Gasteiger partial charge in [-0.1, -0.05) is 6.07 Å². The molecular formula is C7H3BrF3NaO3S. The van der Waals surface area contributed by atoms with Gasteiger partial charge in [-0.15, -0.1) is 0 Å². The fourth-order valence-electron chi connectivity index (χ4n) is 0.923. The Balaban J connectivity index is 0.00000225. The van der Waals surface area contributed by atoms with Crippen LogP contribution in [0.4, 0.5) is 13.2 Å². The molecule has 0 saturated heterocycles. The van der Waals surface area contributed by atoms with Gasteiger partial charge in [0.25, 0.3) is 0 Å². The van der Waals surface area contributed by atoms with Crippen LogP contribution in [0.1, 0.15) is 5.56 Å². The van der Waals surface area contributed by atoms with Crippen molar-refractivity contribution in [1.82, 2.24) is 0 Å². The fraction of sp³-hybridized carbons (Fsp3) is 0.143. The Morgan fingerprint density at radius 3 is 2.12 bits per heavy atom. The zero-order valence-electron chi connectivity index (χ0n) is 7.88. The summed E-state index contributed by atoms with van der Waals surface area (Å²) >= 11 is 2.45. The molecule has 0 saturated carbocycles. The Morgan fingerprint density at radius 2 is 1.75 bits per heavy atom. The zero-order valence-corrected chi connectivity index (χ0v) is 12.3. The van der Waals surface area contributed by atoms with Crippen LogP contribution in [0, 0.1) is 0 Å². The largest absolute Gasteiger partial charge is 1.00 e. The van der Waals surface area contributed by atoms with E-state index in [1.807, 2.05) is 0 Å². The van der Waals surface area contributed by atoms with Crippen molar-refractivity contribution in [2.45, 2.75) is 11.1 Å². The van der Waals surface area contributed by atoms with Gasteiger partial charge in [-0.05, 0) is 28.1 Å². The molecule has 84 valence electrons. The first-order valence-corrected chi connectivity index (χ1v) is 5.66. The van der Waals surface area contributed by atoms with Gasteiger partial charge in [0.05, 0.1) is 10.5 Å². The maximum atomic E-state index is 12.3. The summed E-state index contributed by atoms with van der Waals surface area (Å²) < 4.78 is 67.9. The first kappa shape index (κ1) is 16.4. The van der Waals surface area contributed by atoms with Crippen molar-refractivity contribution in [3.63, 3.8) is 0 Å². The van der Waals surface area contributed by atoms with Gasteiger partial charge >= 0.3 is 35.7 Å². The van der Waals surface area contributed by atoms with Gasteiger partial charge in [-0.3, -0.25) is 0 Å². The molecule has 0 aliphatic rings. The Morgan fingerprint density at radius 1 is 1.25 bits per heavy atom. The minimum absolute atomic E-state index is 0. The van der Waals surface area contributed by atoms with Crippen LogP contribution in [-0.4, -0.2) is 13.0 Å². The van der Waals surface area contributed by atoms with Crippen LogP contribution in [0.2, 0.25) is 0 Å². The van der Waals surface area contributed by atoms with Crippen LogP contribution in [0.3, 0.4) is 0 Å². The van der Waals surface area contributed by atoms with Gasteiger partial charge < -0.3 is 4.55 Å². The van der Waals surface area contributed by atoms with Crippen LogP contribution in [0.5, 0.6) is 0 Å². The normalized spacial score (nSPS) is 12.1. The topological polar surface area (TPSA) is 57.2 Å². The first-order valence-electron chi connectivity index (χ1n) is 3.45. The van der Waals surface area contributed by atoms with Crippen molar-refractivity contribution in [2.24, 2.45) is 0 Å². The average molecular weight is 327 g/mol. The molecule has 0 aliphatic carbocycles. The monoisotopic (exact) mass is 326 g/mol. The molecule has 0 aliphatic heterocycles. The number of rotatable bonds is 1. The molecule has 0 aromatic heterocycles. The molecule has 0 atom stereocenters. The van der Waals surface area contributed by atoms with Gasteiger partial charge in [0.15, 0.2) is 0 Å². The smallest absolute Gasteiger partial charge is 0.744 e. The van der Waals surface area contributed by atoms with Crippen molar-refractivity contribution in [1.29, 1.82) is 0 Å². The molecule has 0 N–H and O–H groups in total. The fourth-order valence-corrected chi connectivity index (χ4v) is 2.58. The van der Waals surface area contributed by atoms with E-state index in [-0.39, 0.29) is 29.6 Å². The zero-order chi connectivity index (χ0) is 11.9. The molecule has 0 amide bonds. The second kappa shape index (κ2) is 5.36.